The Morgan fingerprint density at radius 1 is 1.12 bits per heavy atom. The van der Waals surface area contributed by atoms with E-state index < -0.39 is 11.4 Å². The second-order valence-electron chi connectivity index (χ2n) is 5.56. The third-order valence-electron chi connectivity index (χ3n) is 3.92. The molecular weight excluding hydrogens is 392 g/mol. The first-order valence-electron chi connectivity index (χ1n) is 7.62. The molecule has 0 radical (unpaired) electrons. The summed E-state index contributed by atoms with van der Waals surface area (Å²) in [4.78, 5) is 4.42. The number of nitrogens with one attached hydrogen (secondary N) is 1. The summed E-state index contributed by atoms with van der Waals surface area (Å²) >= 11 is 7.02. The summed E-state index contributed by atoms with van der Waals surface area (Å²) in [6.45, 7) is 1.56. The summed E-state index contributed by atoms with van der Waals surface area (Å²) in [6.07, 6.45) is -1.56. The first-order valence-corrected chi connectivity index (χ1v) is 8.88. The molecule has 1 N–H and O–H groups in total. The lowest BCUT2D eigenvalue weighted by atomic mass is 10.0. The minimum absolute atomic E-state index is 0. The first kappa shape index (κ1) is 20.4. The summed E-state index contributed by atoms with van der Waals surface area (Å²) in [5, 5.41) is 1.90. The van der Waals surface area contributed by atoms with E-state index in [-0.39, 0.29) is 18.1 Å². The van der Waals surface area contributed by atoms with Crippen LogP contribution in [0.15, 0.2) is 41.4 Å². The largest absolute Gasteiger partial charge is 0.406 e. The van der Waals surface area contributed by atoms with Crippen molar-refractivity contribution in [3.8, 4) is 0 Å². The Bertz CT molecular complexity index is 711. The molecule has 2 heterocycles. The van der Waals surface area contributed by atoms with Crippen LogP contribution in [0.2, 0.25) is 5.02 Å². The summed E-state index contributed by atoms with van der Waals surface area (Å²) < 4.78 is 40.9. The van der Waals surface area contributed by atoms with E-state index in [1.54, 1.807) is 18.2 Å². The number of halogens is 5. The molecule has 2 aromatic rings. The van der Waals surface area contributed by atoms with Crippen molar-refractivity contribution < 1.29 is 13.2 Å². The molecule has 1 aromatic heterocycles. The predicted molar refractivity (Wildman–Crippen MR) is 97.9 cm³/mol. The van der Waals surface area contributed by atoms with Gasteiger partial charge < -0.3 is 5.32 Å². The van der Waals surface area contributed by atoms with Gasteiger partial charge in [0.1, 0.15) is 5.25 Å². The maximum Gasteiger partial charge on any atom is 0.406 e. The number of rotatable bonds is 3. The molecule has 1 aliphatic rings. The van der Waals surface area contributed by atoms with Gasteiger partial charge in [0.2, 0.25) is 0 Å². The third kappa shape index (κ3) is 4.82. The molecule has 0 amide bonds. The zero-order valence-electron chi connectivity index (χ0n) is 13.1. The number of alkyl halides is 3. The van der Waals surface area contributed by atoms with Crippen LogP contribution in [0.25, 0.3) is 0 Å². The maximum absolute atomic E-state index is 13.6. The fourth-order valence-electron chi connectivity index (χ4n) is 2.78. The molecule has 1 unspecified atom stereocenters. The van der Waals surface area contributed by atoms with Crippen molar-refractivity contribution in [3.63, 3.8) is 0 Å². The standard InChI is InChI=1S/C17H16ClF3N2S.ClH/c18-13-5-4-11-6-9-22-10-7-12(11)15(13)24-16(17(19,20)21)14-3-1-2-8-23-14;/h1-5,8,16,22H,6-7,9-10H2;1H. The summed E-state index contributed by atoms with van der Waals surface area (Å²) in [5.74, 6) is 0. The van der Waals surface area contributed by atoms with Crippen LogP contribution in [0.5, 0.6) is 0 Å². The topological polar surface area (TPSA) is 24.9 Å². The van der Waals surface area contributed by atoms with Crippen LogP contribution in [0.3, 0.4) is 0 Å². The van der Waals surface area contributed by atoms with E-state index in [4.69, 9.17) is 11.6 Å². The van der Waals surface area contributed by atoms with Gasteiger partial charge in [-0.25, -0.2) is 0 Å². The molecule has 0 bridgehead atoms. The lowest BCUT2D eigenvalue weighted by Crippen LogP contribution is -2.19. The van der Waals surface area contributed by atoms with Crippen molar-refractivity contribution in [3.05, 3.63) is 58.4 Å². The van der Waals surface area contributed by atoms with E-state index in [1.165, 1.54) is 12.3 Å². The Kier molecular flexibility index (Phi) is 7.02. The van der Waals surface area contributed by atoms with Crippen LogP contribution in [-0.4, -0.2) is 24.2 Å². The molecule has 25 heavy (non-hydrogen) atoms. The fraction of sp³-hybridized carbons (Fsp3) is 0.353. The zero-order chi connectivity index (χ0) is 17.2. The van der Waals surface area contributed by atoms with Gasteiger partial charge in [-0.3, -0.25) is 4.98 Å². The monoisotopic (exact) mass is 408 g/mol. The smallest absolute Gasteiger partial charge is 0.316 e. The van der Waals surface area contributed by atoms with Gasteiger partial charge in [0, 0.05) is 11.1 Å². The van der Waals surface area contributed by atoms with Crippen LogP contribution in [-0.2, 0) is 12.8 Å². The van der Waals surface area contributed by atoms with Gasteiger partial charge in [-0.2, -0.15) is 13.2 Å². The van der Waals surface area contributed by atoms with E-state index in [2.05, 4.69) is 10.3 Å². The molecule has 0 saturated heterocycles. The van der Waals surface area contributed by atoms with Crippen LogP contribution in [0.4, 0.5) is 13.2 Å². The number of thioether (sulfide) groups is 1. The number of pyridine rings is 1. The molecule has 2 nitrogen and oxygen atoms in total. The average molecular weight is 409 g/mol. The molecule has 1 aromatic carbocycles. The predicted octanol–water partition coefficient (Wildman–Crippen LogP) is 5.24. The second-order valence-corrected chi connectivity index (χ2v) is 7.08. The fourth-order valence-corrected chi connectivity index (χ4v) is 4.28. The van der Waals surface area contributed by atoms with E-state index in [0.29, 0.717) is 16.3 Å². The van der Waals surface area contributed by atoms with E-state index in [0.717, 1.165) is 42.4 Å². The third-order valence-corrected chi connectivity index (χ3v) is 5.80. The van der Waals surface area contributed by atoms with E-state index in [1.807, 2.05) is 6.07 Å². The van der Waals surface area contributed by atoms with Gasteiger partial charge in [0.25, 0.3) is 0 Å². The number of aromatic nitrogens is 1. The van der Waals surface area contributed by atoms with Crippen LogP contribution < -0.4 is 5.32 Å². The molecule has 8 heteroatoms. The Balaban J connectivity index is 0.00000225. The molecule has 3 rings (SSSR count). The van der Waals surface area contributed by atoms with Crippen molar-refractivity contribution in [2.45, 2.75) is 29.2 Å². The molecule has 0 fully saturated rings. The average Bonchev–Trinajstić information content (AvgIpc) is 2.79. The first-order chi connectivity index (χ1) is 11.5. The molecule has 0 saturated carbocycles. The summed E-state index contributed by atoms with van der Waals surface area (Å²) in [7, 11) is 0. The normalized spacial score (nSPS) is 15.7. The highest BCUT2D eigenvalue weighted by Gasteiger charge is 2.43. The van der Waals surface area contributed by atoms with E-state index in [9.17, 15) is 13.2 Å². The number of benzene rings is 1. The second kappa shape index (κ2) is 8.62. The quantitative estimate of drug-likeness (QED) is 0.702. The van der Waals surface area contributed by atoms with Gasteiger partial charge in [0.05, 0.1) is 10.7 Å². The maximum atomic E-state index is 13.6. The van der Waals surface area contributed by atoms with Crippen LogP contribution >= 0.6 is 35.8 Å². The van der Waals surface area contributed by atoms with Crippen molar-refractivity contribution in [2.24, 2.45) is 0 Å². The van der Waals surface area contributed by atoms with Crippen molar-refractivity contribution in [2.75, 3.05) is 13.1 Å². The van der Waals surface area contributed by atoms with Crippen molar-refractivity contribution in [1.29, 1.82) is 0 Å². The highest BCUT2D eigenvalue weighted by molar-refractivity contribution is 7.99. The Hall–Kier alpha value is -0.950. The molecule has 0 aliphatic carbocycles. The van der Waals surface area contributed by atoms with Crippen LogP contribution in [0, 0.1) is 0 Å². The highest BCUT2D eigenvalue weighted by Crippen LogP contribution is 2.49. The lowest BCUT2D eigenvalue weighted by Gasteiger charge is -2.22. The number of hydrogen-bond acceptors (Lipinski definition) is 3. The van der Waals surface area contributed by atoms with Gasteiger partial charge in [-0.05, 0) is 55.3 Å². The SMILES string of the molecule is Cl.FC(F)(F)C(Sc1c(Cl)ccc2c1CCNCC2)c1ccccn1. The number of fused-ring (bicyclic) bond motifs is 1. The minimum Gasteiger partial charge on any atom is -0.316 e. The Morgan fingerprint density at radius 3 is 2.56 bits per heavy atom. The molecule has 1 aliphatic heterocycles. The molecule has 0 spiro atoms. The molecular formula is C17H17Cl2F3N2S. The Labute approximate surface area is 160 Å². The number of nitrogens with zero attached hydrogens (tertiary/aromatic N) is 1. The van der Waals surface area contributed by atoms with Gasteiger partial charge in [-0.1, -0.05) is 23.7 Å². The van der Waals surface area contributed by atoms with E-state index >= 15 is 0 Å². The summed E-state index contributed by atoms with van der Waals surface area (Å²) in [5.41, 5.74) is 1.98. The van der Waals surface area contributed by atoms with Gasteiger partial charge in [0.15, 0.2) is 0 Å². The van der Waals surface area contributed by atoms with Crippen LogP contribution in [0.1, 0.15) is 22.1 Å². The van der Waals surface area contributed by atoms with Crippen molar-refractivity contribution >= 4 is 35.8 Å². The van der Waals surface area contributed by atoms with Gasteiger partial charge in [-0.15, -0.1) is 24.2 Å². The zero-order valence-corrected chi connectivity index (χ0v) is 15.5. The van der Waals surface area contributed by atoms with Gasteiger partial charge >= 0.3 is 6.18 Å². The number of hydrogen-bond donors (Lipinski definition) is 1. The van der Waals surface area contributed by atoms with Crippen molar-refractivity contribution in [1.82, 2.24) is 10.3 Å². The molecule has 1 atom stereocenters. The summed E-state index contributed by atoms with van der Waals surface area (Å²) in [6, 6.07) is 8.19. The Morgan fingerprint density at radius 2 is 1.88 bits per heavy atom. The lowest BCUT2D eigenvalue weighted by molar-refractivity contribution is -0.130. The highest BCUT2D eigenvalue weighted by atomic mass is 35.5. The minimum atomic E-state index is -4.41. The molecule has 136 valence electrons.